The molecular formula is C35H26BF10P. The molecule has 2 aliphatic rings. The summed E-state index contributed by atoms with van der Waals surface area (Å²) in [6, 6.07) is 15.4. The molecular weight excluding hydrogens is 652 g/mol. The predicted molar refractivity (Wildman–Crippen MR) is 166 cm³/mol. The van der Waals surface area contributed by atoms with E-state index >= 15 is 30.7 Å². The molecule has 12 heteroatoms. The molecule has 4 aromatic rings. The smallest absolute Gasteiger partial charge is 0.250 e. The minimum Gasteiger partial charge on any atom is -0.498 e. The number of fused-ring (bicyclic) bond motifs is 2. The van der Waals surface area contributed by atoms with Gasteiger partial charge in [-0.15, -0.1) is 11.5 Å². The van der Waals surface area contributed by atoms with E-state index in [1.165, 1.54) is 30.3 Å². The van der Waals surface area contributed by atoms with Crippen molar-refractivity contribution >= 4 is 40.5 Å². The highest BCUT2D eigenvalue weighted by atomic mass is 31.2. The molecule has 0 radical (unpaired) electrons. The van der Waals surface area contributed by atoms with Crippen molar-refractivity contribution in [3.8, 4) is 0 Å². The van der Waals surface area contributed by atoms with E-state index in [-0.39, 0.29) is 22.3 Å². The van der Waals surface area contributed by atoms with Crippen molar-refractivity contribution in [3.63, 3.8) is 0 Å². The molecule has 0 spiro atoms. The Morgan fingerprint density at radius 2 is 1.00 bits per heavy atom. The van der Waals surface area contributed by atoms with Gasteiger partial charge >= 0.3 is 0 Å². The van der Waals surface area contributed by atoms with Crippen molar-refractivity contribution in [2.24, 2.45) is 11.3 Å². The second-order valence-electron chi connectivity index (χ2n) is 13.0. The highest BCUT2D eigenvalue weighted by molar-refractivity contribution is 8.00. The van der Waals surface area contributed by atoms with Gasteiger partial charge in [-0.1, -0.05) is 68.1 Å². The van der Waals surface area contributed by atoms with E-state index in [1.54, 1.807) is 64.1 Å². The molecule has 0 N–H and O–H groups in total. The lowest BCUT2D eigenvalue weighted by atomic mass is 9.29. The van der Waals surface area contributed by atoms with Crippen LogP contribution < -0.4 is 26.8 Å². The zero-order chi connectivity index (χ0) is 34.4. The summed E-state index contributed by atoms with van der Waals surface area (Å²) >= 11 is 0. The highest BCUT2D eigenvalue weighted by Crippen LogP contribution is 2.70. The average molecular weight is 678 g/mol. The van der Waals surface area contributed by atoms with E-state index in [1.807, 2.05) is 0 Å². The van der Waals surface area contributed by atoms with E-state index in [9.17, 15) is 13.2 Å². The normalized spacial score (nSPS) is 20.6. The van der Waals surface area contributed by atoms with Gasteiger partial charge < -0.3 is 4.32 Å². The van der Waals surface area contributed by atoms with Gasteiger partial charge in [0, 0.05) is 0 Å². The van der Waals surface area contributed by atoms with Gasteiger partial charge in [0.2, 0.25) is 18.1 Å². The van der Waals surface area contributed by atoms with Gasteiger partial charge in [0.05, 0.1) is 5.31 Å². The molecule has 6 rings (SSSR count). The summed E-state index contributed by atoms with van der Waals surface area (Å²) in [6.07, 6.45) is -3.84. The van der Waals surface area contributed by atoms with Crippen LogP contribution >= 0.6 is 7.26 Å². The van der Waals surface area contributed by atoms with Gasteiger partial charge in [-0.2, -0.15) is 4.39 Å². The van der Waals surface area contributed by atoms with Crippen molar-refractivity contribution in [2.45, 2.75) is 34.1 Å². The van der Waals surface area contributed by atoms with Crippen LogP contribution in [0.25, 0.3) is 0 Å². The van der Waals surface area contributed by atoms with E-state index in [4.69, 9.17) is 0 Å². The quantitative estimate of drug-likeness (QED) is 0.0677. The lowest BCUT2D eigenvalue weighted by Gasteiger charge is -2.51. The van der Waals surface area contributed by atoms with Crippen LogP contribution in [0.4, 0.5) is 43.8 Å². The van der Waals surface area contributed by atoms with Gasteiger partial charge in [0.15, 0.2) is 23.3 Å². The average Bonchev–Trinajstić information content (AvgIpc) is 3.05. The summed E-state index contributed by atoms with van der Waals surface area (Å²) in [5.74, 6) is -22.8. The van der Waals surface area contributed by atoms with Crippen LogP contribution in [0, 0.1) is 63.7 Å². The largest absolute Gasteiger partial charge is 0.498 e. The minimum absolute atomic E-state index is 0.0846. The summed E-state index contributed by atoms with van der Waals surface area (Å²) in [5, 5.41) is -0.708. The van der Waals surface area contributed by atoms with Gasteiger partial charge in [-0.3, -0.25) is 0 Å². The maximum Gasteiger partial charge on any atom is 0.250 e. The Kier molecular flexibility index (Phi) is 7.82. The molecule has 1 aliphatic carbocycles. The number of hydrogen-bond acceptors (Lipinski definition) is 0. The summed E-state index contributed by atoms with van der Waals surface area (Å²) in [7, 11) is -4.07. The second kappa shape index (κ2) is 11.1. The van der Waals surface area contributed by atoms with Gasteiger partial charge in [0.25, 0.3) is 0 Å². The third kappa shape index (κ3) is 4.41. The third-order valence-corrected chi connectivity index (χ3v) is 14.0. The summed E-state index contributed by atoms with van der Waals surface area (Å²) in [4.78, 5) is 0. The van der Waals surface area contributed by atoms with Crippen molar-refractivity contribution in [1.82, 2.24) is 0 Å². The Bertz CT molecular complexity index is 1950. The molecule has 0 aromatic heterocycles. The lowest BCUT2D eigenvalue weighted by Crippen LogP contribution is -2.70. The van der Waals surface area contributed by atoms with Crippen LogP contribution in [-0.4, -0.2) is 6.42 Å². The zero-order valence-corrected chi connectivity index (χ0v) is 26.3. The number of hydrogen-bond donors (Lipinski definition) is 0. The van der Waals surface area contributed by atoms with Crippen molar-refractivity contribution in [3.05, 3.63) is 135 Å². The number of rotatable bonds is 3. The molecule has 1 heterocycles. The van der Waals surface area contributed by atoms with E-state index in [0.717, 1.165) is 0 Å². The highest BCUT2D eigenvalue weighted by Gasteiger charge is 2.64. The van der Waals surface area contributed by atoms with Gasteiger partial charge in [0.1, 0.15) is 40.6 Å². The van der Waals surface area contributed by atoms with E-state index < -0.39 is 99.1 Å². The molecule has 0 fully saturated rings. The van der Waals surface area contributed by atoms with Crippen LogP contribution in [0.5, 0.6) is 0 Å². The fourth-order valence-electron chi connectivity index (χ4n) is 7.22. The molecule has 244 valence electrons. The lowest BCUT2D eigenvalue weighted by molar-refractivity contribution is 0.288. The monoisotopic (exact) mass is 678 g/mol. The fourth-order valence-corrected chi connectivity index (χ4v) is 12.3. The predicted octanol–water partition coefficient (Wildman–Crippen LogP) is 8.08. The van der Waals surface area contributed by atoms with Crippen LogP contribution in [0.2, 0.25) is 0 Å². The van der Waals surface area contributed by atoms with Gasteiger partial charge in [-0.25, -0.2) is 35.1 Å². The van der Waals surface area contributed by atoms with E-state index in [2.05, 4.69) is 0 Å². The second-order valence-corrected chi connectivity index (χ2v) is 16.3. The summed E-state index contributed by atoms with van der Waals surface area (Å²) in [6.45, 7) is 6.85. The van der Waals surface area contributed by atoms with Crippen LogP contribution in [-0.2, 0) is 0 Å². The molecule has 0 saturated heterocycles. The minimum atomic E-state index is -5.25. The molecule has 0 bridgehead atoms. The number of allylic oxidation sites excluding steroid dienone is 4. The summed E-state index contributed by atoms with van der Waals surface area (Å²) < 4.78 is 158. The Morgan fingerprint density at radius 3 is 1.45 bits per heavy atom. The standard InChI is InChI=1S/C35H26BF10P/c1-17-15-18(35(2,3)4)16-21-33(17)47(19-11-7-5-8-12-19,20-13-9-6-10-14-20)34-23(26(39)29(42)31(44)32(34)45)36(21,46)22-24(37)27(40)30(43)28(41)25(22)38/h5-14,16,18H,15H2,1-4H3. The fraction of sp³-hybridized carbons (Fsp3) is 0.200. The number of benzene rings is 4. The molecule has 47 heavy (non-hydrogen) atoms. The molecule has 2 unspecified atom stereocenters. The molecule has 0 nitrogen and oxygen atoms in total. The molecule has 0 saturated carbocycles. The Hall–Kier alpha value is -3.85. The Balaban J connectivity index is 1.99. The van der Waals surface area contributed by atoms with Crippen molar-refractivity contribution < 1.29 is 43.8 Å². The van der Waals surface area contributed by atoms with Crippen molar-refractivity contribution in [2.75, 3.05) is 0 Å². The van der Waals surface area contributed by atoms with Crippen LogP contribution in [0.3, 0.4) is 0 Å². The third-order valence-electron chi connectivity index (χ3n) is 9.40. The zero-order valence-electron chi connectivity index (χ0n) is 25.4. The van der Waals surface area contributed by atoms with Crippen LogP contribution in [0.1, 0.15) is 34.1 Å². The molecule has 2 atom stereocenters. The number of halogens is 10. The maximum atomic E-state index is 18.7. The first-order chi connectivity index (χ1) is 22.0. The van der Waals surface area contributed by atoms with Gasteiger partial charge in [-0.05, 0) is 54.5 Å². The maximum absolute atomic E-state index is 18.7. The summed E-state index contributed by atoms with van der Waals surface area (Å²) in [5.41, 5.74) is -4.77. The molecule has 1 aliphatic heterocycles. The Labute approximate surface area is 265 Å². The molecule has 0 amide bonds. The van der Waals surface area contributed by atoms with E-state index in [0.29, 0.717) is 5.57 Å². The SMILES string of the molecule is CC1=C2C(=CC(C(C)(C)C)C1)[B-](F)(c1c(F)c(F)c(F)c(F)c1F)c1c(F)c(F)c(F)c(F)c1[P+]2(c1ccccc1)c1ccccc1. The Morgan fingerprint density at radius 1 is 0.596 bits per heavy atom. The first-order valence-electron chi connectivity index (χ1n) is 14.7. The topological polar surface area (TPSA) is 0 Å². The molecule has 4 aromatic carbocycles. The van der Waals surface area contributed by atoms with Crippen molar-refractivity contribution in [1.29, 1.82) is 0 Å². The first kappa shape index (κ1) is 33.1. The van der Waals surface area contributed by atoms with Crippen LogP contribution in [0.15, 0.2) is 83.1 Å². The first-order valence-corrected chi connectivity index (χ1v) is 16.5.